The molecule has 0 unspecified atom stereocenters. The molecule has 0 spiro atoms. The van der Waals surface area contributed by atoms with Crippen molar-refractivity contribution in [1.29, 1.82) is 0 Å². The smallest absolute Gasteiger partial charge is 0.216 e. The number of hydrogen-bond acceptors (Lipinski definition) is 4. The van der Waals surface area contributed by atoms with Crippen LogP contribution in [0.3, 0.4) is 0 Å². The monoisotopic (exact) mass is 797 g/mol. The molecule has 6 rings (SSSR count). The summed E-state index contributed by atoms with van der Waals surface area (Å²) in [5.41, 5.74) is 4.85. The summed E-state index contributed by atoms with van der Waals surface area (Å²) in [7, 11) is -1.67. The van der Waals surface area contributed by atoms with E-state index in [2.05, 4.69) is 46.7 Å². The minimum atomic E-state index is -2.32. The molecule has 1 radical (unpaired) electrons. The van der Waals surface area contributed by atoms with Crippen LogP contribution in [0.25, 0.3) is 44.6 Å². The van der Waals surface area contributed by atoms with Gasteiger partial charge in [0, 0.05) is 53.2 Å². The van der Waals surface area contributed by atoms with Crippen LogP contribution in [-0.2, 0) is 32.9 Å². The number of furan rings is 1. The van der Waals surface area contributed by atoms with E-state index in [-0.39, 0.29) is 43.3 Å². The Balaban J connectivity index is 0.000000237. The van der Waals surface area contributed by atoms with Crippen LogP contribution >= 0.6 is 0 Å². The van der Waals surface area contributed by atoms with Gasteiger partial charge >= 0.3 is 0 Å². The molecule has 0 fully saturated rings. The first-order chi connectivity index (χ1) is 23.7. The zero-order valence-electron chi connectivity index (χ0n) is 33.7. The predicted molar refractivity (Wildman–Crippen MR) is 187 cm³/mol. The van der Waals surface area contributed by atoms with Gasteiger partial charge in [-0.15, -0.1) is 54.1 Å². The summed E-state index contributed by atoms with van der Waals surface area (Å²) >= 11 is 0. The van der Waals surface area contributed by atoms with Gasteiger partial charge in [0.1, 0.15) is 0 Å². The Hall–Kier alpha value is -3.44. The molecule has 6 aromatic rings. The van der Waals surface area contributed by atoms with E-state index in [1.54, 1.807) is 30.5 Å². The van der Waals surface area contributed by atoms with Gasteiger partial charge in [0.2, 0.25) is 5.71 Å². The van der Waals surface area contributed by atoms with Crippen LogP contribution < -0.4 is 5.19 Å². The minimum Gasteiger partial charge on any atom is -0.486 e. The standard InChI is InChI=1S/C21H19N2O.C18H24NSi.Ir/c1-13(2)11-15-9-10-22-19(12-15)18-6-4-5-16-17-8-7-14(3)23-21(17)24-20(16)18;1-14(2)11-16-12-17(15-9-7-6-8-10-15)19-13-18(16)20(3,4)5;/h4-5,7-10,12-13H,11H2,1-3H3;6-9,12-14H,11H2,1-5H3;/q2*-1;/i3D3,11D2;11D2;. The minimum absolute atomic E-state index is 0. The fraction of sp³-hybridized carbons (Fsp3) is 0.308. The summed E-state index contributed by atoms with van der Waals surface area (Å²) in [6, 6.07) is 26.1. The maximum Gasteiger partial charge on any atom is 0.216 e. The second kappa shape index (κ2) is 14.8. The van der Waals surface area contributed by atoms with Crippen molar-refractivity contribution in [2.75, 3.05) is 0 Å². The van der Waals surface area contributed by atoms with E-state index in [4.69, 9.17) is 14.0 Å². The van der Waals surface area contributed by atoms with Crippen LogP contribution in [0, 0.1) is 30.8 Å². The molecule has 4 aromatic heterocycles. The predicted octanol–water partition coefficient (Wildman–Crippen LogP) is 9.64. The Kier molecular flexibility index (Phi) is 8.44. The van der Waals surface area contributed by atoms with Crippen LogP contribution in [0.15, 0.2) is 83.5 Å². The van der Waals surface area contributed by atoms with Gasteiger partial charge in [0.05, 0.1) is 13.7 Å². The first-order valence-electron chi connectivity index (χ1n) is 18.4. The van der Waals surface area contributed by atoms with Crippen LogP contribution in [-0.4, -0.2) is 23.0 Å². The Morgan fingerprint density at radius 2 is 1.67 bits per heavy atom. The Bertz CT molecular complexity index is 2160. The Morgan fingerprint density at radius 3 is 2.36 bits per heavy atom. The fourth-order valence-corrected chi connectivity index (χ4v) is 6.39. The molecule has 0 amide bonds. The third kappa shape index (κ3) is 8.43. The van der Waals surface area contributed by atoms with Crippen molar-refractivity contribution in [3.05, 3.63) is 108 Å². The topological polar surface area (TPSA) is 51.8 Å². The second-order valence-corrected chi connectivity index (χ2v) is 17.5. The third-order valence-corrected chi connectivity index (χ3v) is 8.93. The molecule has 45 heavy (non-hydrogen) atoms. The quantitative estimate of drug-likeness (QED) is 0.119. The van der Waals surface area contributed by atoms with E-state index in [0.717, 1.165) is 27.4 Å². The number of aromatic nitrogens is 3. The van der Waals surface area contributed by atoms with E-state index in [0.29, 0.717) is 27.8 Å². The molecule has 0 aliphatic carbocycles. The maximum absolute atomic E-state index is 8.55. The zero-order valence-corrected chi connectivity index (χ0v) is 30.1. The van der Waals surface area contributed by atoms with Gasteiger partial charge in [-0.1, -0.05) is 81.5 Å². The van der Waals surface area contributed by atoms with E-state index in [9.17, 15) is 0 Å². The molecule has 0 atom stereocenters. The molecular weight excluding hydrogens is 747 g/mol. The molecule has 0 saturated carbocycles. The van der Waals surface area contributed by atoms with E-state index in [1.165, 1.54) is 6.07 Å². The van der Waals surface area contributed by atoms with Crippen molar-refractivity contribution in [3.8, 4) is 22.5 Å². The summed E-state index contributed by atoms with van der Waals surface area (Å²) < 4.78 is 62.4. The van der Waals surface area contributed by atoms with Crippen LogP contribution in [0.1, 0.15) is 54.1 Å². The number of hydrogen-bond donors (Lipinski definition) is 0. The average molecular weight is 797 g/mol. The molecule has 4 nitrogen and oxygen atoms in total. The van der Waals surface area contributed by atoms with Crippen molar-refractivity contribution in [1.82, 2.24) is 15.0 Å². The van der Waals surface area contributed by atoms with Gasteiger partial charge in [0.15, 0.2) is 0 Å². The number of benzene rings is 2. The van der Waals surface area contributed by atoms with E-state index >= 15 is 0 Å². The van der Waals surface area contributed by atoms with Gasteiger partial charge in [-0.25, -0.2) is 4.98 Å². The van der Waals surface area contributed by atoms with Gasteiger partial charge in [-0.05, 0) is 66.2 Å². The third-order valence-electron chi connectivity index (χ3n) is 6.91. The van der Waals surface area contributed by atoms with Gasteiger partial charge in [-0.2, -0.15) is 0 Å². The largest absolute Gasteiger partial charge is 0.486 e. The van der Waals surface area contributed by atoms with Gasteiger partial charge < -0.3 is 14.4 Å². The second-order valence-electron chi connectivity index (χ2n) is 12.4. The molecule has 235 valence electrons. The summed E-state index contributed by atoms with van der Waals surface area (Å²) in [5, 5.41) is 2.58. The first kappa shape index (κ1) is 25.7. The molecule has 0 aliphatic heterocycles. The van der Waals surface area contributed by atoms with Gasteiger partial charge in [-0.3, -0.25) is 0 Å². The normalized spacial score (nSPS) is 14.7. The average Bonchev–Trinajstić information content (AvgIpc) is 3.46. The van der Waals surface area contributed by atoms with Crippen molar-refractivity contribution >= 4 is 35.3 Å². The Morgan fingerprint density at radius 1 is 0.867 bits per heavy atom. The molecule has 2 aromatic carbocycles. The van der Waals surface area contributed by atoms with Crippen molar-refractivity contribution < 1.29 is 34.1 Å². The van der Waals surface area contributed by atoms with E-state index < -0.39 is 27.7 Å². The first-order valence-corrected chi connectivity index (χ1v) is 18.4. The number of fused-ring (bicyclic) bond motifs is 3. The molecule has 0 saturated heterocycles. The van der Waals surface area contributed by atoms with Gasteiger partial charge in [0.25, 0.3) is 0 Å². The molecular formula is C39H43IrN3OSi-2. The molecule has 6 heteroatoms. The molecule has 4 heterocycles. The van der Waals surface area contributed by atoms with Crippen molar-refractivity contribution in [3.63, 3.8) is 0 Å². The maximum atomic E-state index is 8.55. The number of aryl methyl sites for hydroxylation is 1. The summed E-state index contributed by atoms with van der Waals surface area (Å²) in [5.74, 6) is -0.288. The van der Waals surface area contributed by atoms with Crippen LogP contribution in [0.5, 0.6) is 0 Å². The fourth-order valence-electron chi connectivity index (χ4n) is 4.99. The molecule has 0 aliphatic rings. The summed E-state index contributed by atoms with van der Waals surface area (Å²) in [6.07, 6.45) is 0.598. The van der Waals surface area contributed by atoms with E-state index in [1.807, 2.05) is 70.3 Å². The molecule has 0 N–H and O–H groups in total. The number of nitrogens with zero attached hydrogens (tertiary/aromatic N) is 3. The number of pyridine rings is 3. The number of rotatable bonds is 7. The van der Waals surface area contributed by atoms with Crippen LogP contribution in [0.2, 0.25) is 19.6 Å². The van der Waals surface area contributed by atoms with Crippen molar-refractivity contribution in [2.24, 2.45) is 11.8 Å². The Labute approximate surface area is 292 Å². The zero-order chi connectivity index (χ0) is 37.5. The van der Waals surface area contributed by atoms with Crippen LogP contribution in [0.4, 0.5) is 0 Å². The summed E-state index contributed by atoms with van der Waals surface area (Å²) in [6.45, 7) is 11.9. The van der Waals surface area contributed by atoms with Crippen molar-refractivity contribution in [2.45, 2.75) is 66.9 Å². The summed E-state index contributed by atoms with van der Waals surface area (Å²) in [4.78, 5) is 13.2. The SMILES string of the molecule is [2H]C([2H])([2H])c1ccc2c(n1)oc1c(-c3cc(C([2H])([2H])C(C)C)ccn3)[c-]ccc12.[2H]C([2H])(c1cc(-c2[c-]cccc2)ncc1[Si](C)(C)C)C(C)C.[Ir]. The molecule has 0 bridgehead atoms.